The second-order valence-electron chi connectivity index (χ2n) is 3.54. The highest BCUT2D eigenvalue weighted by atomic mass is 32.1. The molecule has 0 spiro atoms. The average molecular weight is 252 g/mol. The fourth-order valence-corrected chi connectivity index (χ4v) is 2.56. The highest BCUT2D eigenvalue weighted by Gasteiger charge is 2.15. The number of thiophene rings is 1. The molecule has 17 heavy (non-hydrogen) atoms. The van der Waals surface area contributed by atoms with Crippen LogP contribution in [0.5, 0.6) is 5.75 Å². The number of benzene rings is 1. The molecule has 0 aliphatic carbocycles. The quantitative estimate of drug-likeness (QED) is 0.649. The van der Waals surface area contributed by atoms with E-state index in [1.54, 1.807) is 13.2 Å². The van der Waals surface area contributed by atoms with Crippen LogP contribution in [0.3, 0.4) is 0 Å². The number of hydrogen-bond donors (Lipinski definition) is 2. The molecule has 0 saturated carbocycles. The first kappa shape index (κ1) is 12.0. The van der Waals surface area contributed by atoms with Crippen LogP contribution in [-0.4, -0.2) is 7.11 Å². The molecular weight excluding hydrogens is 239 g/mol. The van der Waals surface area contributed by atoms with Gasteiger partial charge < -0.3 is 4.74 Å². The zero-order chi connectivity index (χ0) is 12.3. The molecule has 0 radical (unpaired) electrons. The second kappa shape index (κ2) is 5.27. The van der Waals surface area contributed by atoms with Gasteiger partial charge in [0, 0.05) is 10.3 Å². The molecule has 1 aromatic heterocycles. The van der Waals surface area contributed by atoms with E-state index in [9.17, 15) is 4.39 Å². The van der Waals surface area contributed by atoms with Gasteiger partial charge in [-0.05, 0) is 23.8 Å². The van der Waals surface area contributed by atoms with Crippen LogP contribution in [0.1, 0.15) is 16.5 Å². The van der Waals surface area contributed by atoms with Crippen LogP contribution < -0.4 is 16.0 Å². The lowest BCUT2D eigenvalue weighted by molar-refractivity contribution is 0.416. The molecule has 1 heterocycles. The highest BCUT2D eigenvalue weighted by molar-refractivity contribution is 7.10. The smallest absolute Gasteiger partial charge is 0.129 e. The van der Waals surface area contributed by atoms with Crippen molar-refractivity contribution < 1.29 is 9.13 Å². The monoisotopic (exact) mass is 252 g/mol. The van der Waals surface area contributed by atoms with Crippen molar-refractivity contribution in [3.05, 3.63) is 52.0 Å². The Morgan fingerprint density at radius 3 is 2.82 bits per heavy atom. The van der Waals surface area contributed by atoms with Gasteiger partial charge in [0.1, 0.15) is 11.6 Å². The van der Waals surface area contributed by atoms with E-state index in [4.69, 9.17) is 10.6 Å². The topological polar surface area (TPSA) is 47.3 Å². The van der Waals surface area contributed by atoms with E-state index in [0.717, 1.165) is 16.2 Å². The van der Waals surface area contributed by atoms with Crippen molar-refractivity contribution >= 4 is 11.3 Å². The number of nitrogens with two attached hydrogens (primary N) is 1. The Hall–Kier alpha value is -1.43. The summed E-state index contributed by atoms with van der Waals surface area (Å²) in [4.78, 5) is 0.981. The molecule has 3 N–H and O–H groups in total. The molecule has 0 amide bonds. The molecule has 3 nitrogen and oxygen atoms in total. The van der Waals surface area contributed by atoms with Crippen LogP contribution in [0.4, 0.5) is 4.39 Å². The van der Waals surface area contributed by atoms with E-state index in [2.05, 4.69) is 5.43 Å². The molecule has 2 rings (SSSR count). The van der Waals surface area contributed by atoms with E-state index in [-0.39, 0.29) is 11.9 Å². The van der Waals surface area contributed by atoms with E-state index >= 15 is 0 Å². The maximum Gasteiger partial charge on any atom is 0.129 e. The number of ether oxygens (including phenoxy) is 1. The molecule has 1 unspecified atom stereocenters. The fourth-order valence-electron chi connectivity index (χ4n) is 1.62. The van der Waals surface area contributed by atoms with Gasteiger partial charge in [0.05, 0.1) is 13.2 Å². The van der Waals surface area contributed by atoms with E-state index in [0.29, 0.717) is 0 Å². The summed E-state index contributed by atoms with van der Waals surface area (Å²) in [5, 5.41) is 1.89. The van der Waals surface area contributed by atoms with Gasteiger partial charge in [-0.15, -0.1) is 11.3 Å². The number of halogens is 1. The number of rotatable bonds is 4. The van der Waals surface area contributed by atoms with Crippen LogP contribution in [-0.2, 0) is 0 Å². The van der Waals surface area contributed by atoms with Gasteiger partial charge >= 0.3 is 0 Å². The van der Waals surface area contributed by atoms with Crippen molar-refractivity contribution in [1.82, 2.24) is 5.43 Å². The van der Waals surface area contributed by atoms with Crippen LogP contribution >= 0.6 is 11.3 Å². The van der Waals surface area contributed by atoms with Crippen molar-refractivity contribution in [2.24, 2.45) is 5.84 Å². The second-order valence-corrected chi connectivity index (χ2v) is 4.49. The normalized spacial score (nSPS) is 12.4. The minimum Gasteiger partial charge on any atom is -0.496 e. The highest BCUT2D eigenvalue weighted by Crippen LogP contribution is 2.30. The van der Waals surface area contributed by atoms with Crippen LogP contribution in [0, 0.1) is 5.82 Å². The van der Waals surface area contributed by atoms with Crippen molar-refractivity contribution in [3.63, 3.8) is 0 Å². The summed E-state index contributed by atoms with van der Waals surface area (Å²) in [5.74, 6) is 6.04. The van der Waals surface area contributed by atoms with Gasteiger partial charge in [-0.1, -0.05) is 12.1 Å². The Bertz CT molecular complexity index is 501. The Morgan fingerprint density at radius 2 is 2.24 bits per heavy atom. The first-order valence-electron chi connectivity index (χ1n) is 5.08. The van der Waals surface area contributed by atoms with Crippen LogP contribution in [0.25, 0.3) is 0 Å². The Kier molecular flexibility index (Phi) is 3.73. The minimum absolute atomic E-state index is 0.223. The van der Waals surface area contributed by atoms with Crippen LogP contribution in [0.15, 0.2) is 35.7 Å². The van der Waals surface area contributed by atoms with Gasteiger partial charge in [-0.2, -0.15) is 0 Å². The lowest BCUT2D eigenvalue weighted by Crippen LogP contribution is -2.28. The third-order valence-corrected chi connectivity index (χ3v) is 3.44. The molecule has 5 heteroatoms. The Balaban J connectivity index is 2.33. The third-order valence-electron chi connectivity index (χ3n) is 2.46. The van der Waals surface area contributed by atoms with E-state index in [1.165, 1.54) is 23.5 Å². The summed E-state index contributed by atoms with van der Waals surface area (Å²) in [6.07, 6.45) is 0. The molecule has 0 fully saturated rings. The summed E-state index contributed by atoms with van der Waals surface area (Å²) < 4.78 is 18.3. The predicted molar refractivity (Wildman–Crippen MR) is 66.4 cm³/mol. The minimum atomic E-state index is -0.272. The molecule has 2 aromatic rings. The summed E-state index contributed by atoms with van der Waals surface area (Å²) in [7, 11) is 1.61. The van der Waals surface area contributed by atoms with Gasteiger partial charge in [0.25, 0.3) is 0 Å². The number of methoxy groups -OCH3 is 1. The summed E-state index contributed by atoms with van der Waals surface area (Å²) in [6.45, 7) is 0. The van der Waals surface area contributed by atoms with Gasteiger partial charge in [-0.3, -0.25) is 5.84 Å². The summed E-state index contributed by atoms with van der Waals surface area (Å²) in [5.41, 5.74) is 3.48. The zero-order valence-electron chi connectivity index (χ0n) is 9.31. The number of hydrazine groups is 1. The zero-order valence-corrected chi connectivity index (χ0v) is 10.1. The van der Waals surface area contributed by atoms with Crippen LogP contribution in [0.2, 0.25) is 0 Å². The Morgan fingerprint density at radius 1 is 1.41 bits per heavy atom. The fraction of sp³-hybridized carbons (Fsp3) is 0.167. The molecule has 0 aliphatic heterocycles. The number of nitrogens with one attached hydrogen (secondary N) is 1. The molecule has 1 aromatic carbocycles. The maximum absolute atomic E-state index is 13.2. The van der Waals surface area contributed by atoms with E-state index < -0.39 is 0 Å². The Labute approximate surface area is 103 Å². The maximum atomic E-state index is 13.2. The first-order valence-corrected chi connectivity index (χ1v) is 5.96. The molecular formula is C12H13FN2OS. The lowest BCUT2D eigenvalue weighted by Gasteiger charge is -2.14. The number of hydrogen-bond acceptors (Lipinski definition) is 4. The lowest BCUT2D eigenvalue weighted by atomic mass is 10.1. The third kappa shape index (κ3) is 2.63. The summed E-state index contributed by atoms with van der Waals surface area (Å²) >= 11 is 1.52. The first-order chi connectivity index (χ1) is 8.24. The SMILES string of the molecule is COc1csc(C(NN)c2cccc(F)c2)c1. The predicted octanol–water partition coefficient (Wildman–Crippen LogP) is 2.45. The van der Waals surface area contributed by atoms with Gasteiger partial charge in [0.15, 0.2) is 0 Å². The van der Waals surface area contributed by atoms with E-state index in [1.807, 2.05) is 17.5 Å². The average Bonchev–Trinajstić information content (AvgIpc) is 2.79. The van der Waals surface area contributed by atoms with Gasteiger partial charge in [-0.25, -0.2) is 9.82 Å². The standard InChI is InChI=1S/C12H13FN2OS/c1-16-10-6-11(17-7-10)12(15-14)8-3-2-4-9(13)5-8/h2-7,12,15H,14H2,1H3. The summed E-state index contributed by atoms with van der Waals surface area (Å²) in [6, 6.07) is 8.04. The van der Waals surface area contributed by atoms with Crippen molar-refractivity contribution in [3.8, 4) is 5.75 Å². The van der Waals surface area contributed by atoms with Crippen molar-refractivity contribution in [2.75, 3.05) is 7.11 Å². The molecule has 0 saturated heterocycles. The van der Waals surface area contributed by atoms with Crippen molar-refractivity contribution in [2.45, 2.75) is 6.04 Å². The molecule has 0 bridgehead atoms. The molecule has 1 atom stereocenters. The van der Waals surface area contributed by atoms with Crippen molar-refractivity contribution in [1.29, 1.82) is 0 Å². The molecule has 0 aliphatic rings. The largest absolute Gasteiger partial charge is 0.496 e. The van der Waals surface area contributed by atoms with Gasteiger partial charge in [0.2, 0.25) is 0 Å². The molecule has 90 valence electrons.